The lowest BCUT2D eigenvalue weighted by Gasteiger charge is -2.17. The van der Waals surface area contributed by atoms with Crippen LogP contribution in [0.1, 0.15) is 6.42 Å². The Kier molecular flexibility index (Phi) is 2.32. The molecule has 1 atom stereocenters. The maximum Gasteiger partial charge on any atom is 0.238 e. The van der Waals surface area contributed by atoms with Crippen LogP contribution in [0.2, 0.25) is 0 Å². The van der Waals surface area contributed by atoms with Gasteiger partial charge in [0.2, 0.25) is 6.08 Å². The summed E-state index contributed by atoms with van der Waals surface area (Å²) in [6.45, 7) is 0. The maximum absolute atomic E-state index is 11.0. The lowest BCUT2D eigenvalue weighted by atomic mass is 10.2. The number of rotatable bonds is 2. The largest absolute Gasteiger partial charge is 0.355 e. The van der Waals surface area contributed by atoms with Gasteiger partial charge in [0, 0.05) is 13.5 Å². The third-order valence-corrected chi connectivity index (χ3v) is 3.60. The number of nitrogens with zero attached hydrogens (tertiary/aromatic N) is 1. The monoisotopic (exact) mass is 191 g/mol. The van der Waals surface area contributed by atoms with E-state index in [2.05, 4.69) is 4.99 Å². The van der Waals surface area contributed by atoms with Crippen LogP contribution < -0.4 is 0 Å². The lowest BCUT2D eigenvalue weighted by molar-refractivity contribution is 0.0207. The van der Waals surface area contributed by atoms with E-state index in [0.29, 0.717) is 0 Å². The van der Waals surface area contributed by atoms with Crippen molar-refractivity contribution in [3.05, 3.63) is 0 Å². The molecule has 0 radical (unpaired) electrons. The van der Waals surface area contributed by atoms with Crippen molar-refractivity contribution in [2.75, 3.05) is 18.6 Å². The van der Waals surface area contributed by atoms with Crippen molar-refractivity contribution in [2.24, 2.45) is 4.99 Å². The van der Waals surface area contributed by atoms with E-state index in [1.165, 1.54) is 13.2 Å². The lowest BCUT2D eigenvalue weighted by Crippen LogP contribution is -2.29. The van der Waals surface area contributed by atoms with Crippen molar-refractivity contribution in [3.63, 3.8) is 0 Å². The van der Waals surface area contributed by atoms with Crippen LogP contribution in [-0.2, 0) is 19.4 Å². The first kappa shape index (κ1) is 9.38. The molecule has 0 bridgehead atoms. The van der Waals surface area contributed by atoms with Crippen LogP contribution in [0.4, 0.5) is 0 Å². The van der Waals surface area contributed by atoms with E-state index in [4.69, 9.17) is 4.74 Å². The van der Waals surface area contributed by atoms with Crippen molar-refractivity contribution < 1.29 is 17.9 Å². The summed E-state index contributed by atoms with van der Waals surface area (Å²) in [7, 11) is -1.75. The highest BCUT2D eigenvalue weighted by Crippen LogP contribution is 2.27. The number of hydrogen-bond donors (Lipinski definition) is 0. The Morgan fingerprint density at radius 1 is 1.58 bits per heavy atom. The molecular formula is C6H9NO4S. The summed E-state index contributed by atoms with van der Waals surface area (Å²) in [6.07, 6.45) is 1.56. The van der Waals surface area contributed by atoms with Gasteiger partial charge in [0.1, 0.15) is 5.75 Å². The molecule has 1 aliphatic rings. The van der Waals surface area contributed by atoms with E-state index in [0.717, 1.165) is 0 Å². The van der Waals surface area contributed by atoms with E-state index in [-0.39, 0.29) is 17.9 Å². The fourth-order valence-corrected chi connectivity index (χ4v) is 2.97. The van der Waals surface area contributed by atoms with Gasteiger partial charge in [-0.1, -0.05) is 0 Å². The summed E-state index contributed by atoms with van der Waals surface area (Å²) in [4.78, 5) is 13.3. The summed E-state index contributed by atoms with van der Waals surface area (Å²) >= 11 is 0. The first-order chi connectivity index (χ1) is 5.54. The van der Waals surface area contributed by atoms with Crippen molar-refractivity contribution in [1.29, 1.82) is 0 Å². The van der Waals surface area contributed by atoms with Gasteiger partial charge in [-0.15, -0.1) is 0 Å². The summed E-state index contributed by atoms with van der Waals surface area (Å²) in [5, 5.41) is 0. The van der Waals surface area contributed by atoms with Gasteiger partial charge in [-0.05, 0) is 0 Å². The minimum Gasteiger partial charge on any atom is -0.355 e. The van der Waals surface area contributed by atoms with E-state index in [1.54, 1.807) is 0 Å². The van der Waals surface area contributed by atoms with E-state index in [1.807, 2.05) is 0 Å². The summed E-state index contributed by atoms with van der Waals surface area (Å²) < 4.78 is 26.9. The molecule has 0 N–H and O–H groups in total. The second-order valence-corrected chi connectivity index (χ2v) is 4.88. The topological polar surface area (TPSA) is 72.8 Å². The zero-order valence-electron chi connectivity index (χ0n) is 6.61. The quantitative estimate of drug-likeness (QED) is 0.435. The molecule has 68 valence electrons. The number of ether oxygens (including phenoxy) is 1. The molecule has 1 fully saturated rings. The molecular weight excluding hydrogens is 182 g/mol. The number of hydrogen-bond acceptors (Lipinski definition) is 5. The minimum atomic E-state index is -3.09. The highest BCUT2D eigenvalue weighted by Gasteiger charge is 2.42. The minimum absolute atomic E-state index is 0.0199. The average molecular weight is 191 g/mol. The Bertz CT molecular complexity index is 316. The first-order valence-corrected chi connectivity index (χ1v) is 5.20. The van der Waals surface area contributed by atoms with Crippen LogP contribution in [0.25, 0.3) is 0 Å². The fraction of sp³-hybridized carbons (Fsp3) is 0.833. The number of aliphatic imine (C=N–C) groups is 1. The van der Waals surface area contributed by atoms with E-state index in [9.17, 15) is 13.2 Å². The molecule has 0 aromatic carbocycles. The molecule has 1 rings (SSSR count). The molecule has 0 aliphatic carbocycles. The Morgan fingerprint density at radius 3 is 2.58 bits per heavy atom. The van der Waals surface area contributed by atoms with Gasteiger partial charge in [0.15, 0.2) is 15.6 Å². The molecule has 12 heavy (non-hydrogen) atoms. The third-order valence-electron chi connectivity index (χ3n) is 1.88. The molecule has 0 saturated carbocycles. The van der Waals surface area contributed by atoms with Crippen LogP contribution in [0.5, 0.6) is 0 Å². The third kappa shape index (κ3) is 1.72. The Hall–Kier alpha value is -0.710. The molecule has 0 amide bonds. The number of isocyanates is 1. The van der Waals surface area contributed by atoms with Gasteiger partial charge in [-0.2, -0.15) is 4.99 Å². The van der Waals surface area contributed by atoms with Gasteiger partial charge in [-0.25, -0.2) is 13.2 Å². The molecule has 1 aliphatic heterocycles. The predicted octanol–water partition coefficient (Wildman–Crippen LogP) is -0.517. The van der Waals surface area contributed by atoms with Crippen LogP contribution in [0, 0.1) is 0 Å². The number of sulfone groups is 1. The number of carbonyl (C=O) groups excluding carboxylic acids is 1. The molecule has 1 unspecified atom stereocenters. The van der Waals surface area contributed by atoms with Crippen LogP contribution in [-0.4, -0.2) is 38.8 Å². The van der Waals surface area contributed by atoms with Gasteiger partial charge in [-0.3, -0.25) is 0 Å². The highest BCUT2D eigenvalue weighted by molar-refractivity contribution is 7.91. The fourth-order valence-electron chi connectivity index (χ4n) is 1.18. The molecule has 0 spiro atoms. The summed E-state index contributed by atoms with van der Waals surface area (Å²) in [5.74, 6) is -0.197. The second-order valence-electron chi connectivity index (χ2n) is 2.70. The normalized spacial score (nSPS) is 32.8. The standard InChI is InChI=1S/C6H9NO4S/c1-11-6(7-5-8)2-3-12(9,10)4-6/h2-4H2,1H3. The molecule has 5 nitrogen and oxygen atoms in total. The van der Waals surface area contributed by atoms with Crippen molar-refractivity contribution in [2.45, 2.75) is 12.1 Å². The molecule has 0 aromatic rings. The SMILES string of the molecule is COC1(N=C=O)CCS(=O)(=O)C1. The van der Waals surface area contributed by atoms with Gasteiger partial charge >= 0.3 is 0 Å². The summed E-state index contributed by atoms with van der Waals surface area (Å²) in [5.41, 5.74) is -1.17. The summed E-state index contributed by atoms with van der Waals surface area (Å²) in [6, 6.07) is 0. The van der Waals surface area contributed by atoms with E-state index >= 15 is 0 Å². The van der Waals surface area contributed by atoms with Gasteiger partial charge in [0.25, 0.3) is 0 Å². The smallest absolute Gasteiger partial charge is 0.238 e. The van der Waals surface area contributed by atoms with Gasteiger partial charge in [0.05, 0.1) is 5.75 Å². The Morgan fingerprint density at radius 2 is 2.25 bits per heavy atom. The second kappa shape index (κ2) is 2.97. The van der Waals surface area contributed by atoms with E-state index < -0.39 is 15.6 Å². The average Bonchev–Trinajstić information content (AvgIpc) is 2.29. The number of methoxy groups -OCH3 is 1. The zero-order chi connectivity index (χ0) is 9.24. The molecule has 1 heterocycles. The van der Waals surface area contributed by atoms with Crippen LogP contribution in [0.15, 0.2) is 4.99 Å². The van der Waals surface area contributed by atoms with Crippen molar-refractivity contribution in [3.8, 4) is 0 Å². The maximum atomic E-state index is 11.0. The van der Waals surface area contributed by atoms with Crippen molar-refractivity contribution in [1.82, 2.24) is 0 Å². The van der Waals surface area contributed by atoms with Gasteiger partial charge < -0.3 is 4.74 Å². The molecule has 0 aromatic heterocycles. The first-order valence-electron chi connectivity index (χ1n) is 3.38. The highest BCUT2D eigenvalue weighted by atomic mass is 32.2. The van der Waals surface area contributed by atoms with Crippen molar-refractivity contribution >= 4 is 15.9 Å². The zero-order valence-corrected chi connectivity index (χ0v) is 7.43. The van der Waals surface area contributed by atoms with Crippen LogP contribution >= 0.6 is 0 Å². The Balaban J connectivity index is 2.94. The predicted molar refractivity (Wildman–Crippen MR) is 41.1 cm³/mol. The van der Waals surface area contributed by atoms with Crippen LogP contribution in [0.3, 0.4) is 0 Å². The molecule has 6 heteroatoms. The molecule has 1 saturated heterocycles. The Labute approximate surface area is 70.4 Å².